The predicted octanol–water partition coefficient (Wildman–Crippen LogP) is 2.12. The number of carbonyl (C=O) groups excluding carboxylic acids is 1. The van der Waals surface area contributed by atoms with E-state index in [1.807, 2.05) is 24.3 Å². The highest BCUT2D eigenvalue weighted by Gasteiger charge is 2.04. The number of nitrogens with zero attached hydrogens (tertiary/aromatic N) is 1. The molecule has 94 valence electrons. The molecule has 1 aromatic heterocycles. The minimum atomic E-state index is -0.143. The molecule has 0 spiro atoms. The molecule has 0 atom stereocenters. The van der Waals surface area contributed by atoms with Crippen LogP contribution in [0.3, 0.4) is 0 Å². The summed E-state index contributed by atoms with van der Waals surface area (Å²) in [7, 11) is 0. The molecule has 2 aromatic rings. The molecule has 0 radical (unpaired) electrons. The highest BCUT2D eigenvalue weighted by molar-refractivity contribution is 7.18. The second-order valence-corrected chi connectivity index (χ2v) is 4.78. The van der Waals surface area contributed by atoms with E-state index in [0.717, 1.165) is 15.2 Å². The van der Waals surface area contributed by atoms with Gasteiger partial charge in [0.1, 0.15) is 11.6 Å². The zero-order chi connectivity index (χ0) is 12.8. The number of fused-ring (bicyclic) bond motifs is 1. The average molecular weight is 262 g/mol. The lowest BCUT2D eigenvalue weighted by molar-refractivity contribution is -0.125. The number of amides is 1. The molecule has 1 aromatic carbocycles. The van der Waals surface area contributed by atoms with Crippen molar-refractivity contribution in [3.8, 4) is 0 Å². The molecule has 1 heterocycles. The van der Waals surface area contributed by atoms with E-state index in [-0.39, 0.29) is 12.5 Å². The lowest BCUT2D eigenvalue weighted by Crippen LogP contribution is -2.27. The third-order valence-electron chi connectivity index (χ3n) is 2.24. The zero-order valence-corrected chi connectivity index (χ0v) is 10.7. The molecular formula is C13H14N2O2S. The summed E-state index contributed by atoms with van der Waals surface area (Å²) in [5, 5.41) is 3.53. The fourth-order valence-electron chi connectivity index (χ4n) is 1.45. The summed E-state index contributed by atoms with van der Waals surface area (Å²) in [6.07, 6.45) is 1.63. The molecule has 0 aliphatic rings. The number of hydrogen-bond donors (Lipinski definition) is 1. The number of thiazole rings is 1. The van der Waals surface area contributed by atoms with E-state index in [4.69, 9.17) is 4.74 Å². The summed E-state index contributed by atoms with van der Waals surface area (Å²) in [6.45, 7) is 4.39. The van der Waals surface area contributed by atoms with Crippen LogP contribution in [0, 0.1) is 0 Å². The molecule has 18 heavy (non-hydrogen) atoms. The molecule has 4 nitrogen and oxygen atoms in total. The Bertz CT molecular complexity index is 518. The molecule has 0 fully saturated rings. The average Bonchev–Trinajstić information content (AvgIpc) is 2.79. The van der Waals surface area contributed by atoms with Gasteiger partial charge in [0.15, 0.2) is 0 Å². The number of carbonyl (C=O) groups is 1. The third kappa shape index (κ3) is 3.38. The van der Waals surface area contributed by atoms with Crippen LogP contribution in [-0.4, -0.2) is 24.0 Å². The van der Waals surface area contributed by atoms with E-state index < -0.39 is 0 Å². The fourth-order valence-corrected chi connectivity index (χ4v) is 2.35. The predicted molar refractivity (Wildman–Crippen MR) is 72.5 cm³/mol. The van der Waals surface area contributed by atoms with Gasteiger partial charge in [-0.2, -0.15) is 0 Å². The number of para-hydroxylation sites is 1. The Balaban J connectivity index is 1.83. The van der Waals surface area contributed by atoms with Gasteiger partial charge >= 0.3 is 0 Å². The van der Waals surface area contributed by atoms with Crippen molar-refractivity contribution in [3.05, 3.63) is 41.9 Å². The zero-order valence-electron chi connectivity index (χ0n) is 9.89. The Kier molecular flexibility index (Phi) is 4.44. The van der Waals surface area contributed by atoms with Gasteiger partial charge in [-0.15, -0.1) is 17.9 Å². The molecule has 0 unspecified atom stereocenters. The van der Waals surface area contributed by atoms with Crippen molar-refractivity contribution in [2.75, 3.05) is 13.2 Å². The monoisotopic (exact) mass is 262 g/mol. The van der Waals surface area contributed by atoms with Gasteiger partial charge in [-0.3, -0.25) is 4.79 Å². The number of nitrogens with one attached hydrogen (secondary N) is 1. The van der Waals surface area contributed by atoms with E-state index in [2.05, 4.69) is 16.9 Å². The molecule has 0 aliphatic heterocycles. The van der Waals surface area contributed by atoms with E-state index in [1.54, 1.807) is 17.4 Å². The lowest BCUT2D eigenvalue weighted by Gasteiger charge is -2.02. The molecule has 0 bridgehead atoms. The first kappa shape index (κ1) is 12.7. The normalized spacial score (nSPS) is 10.4. The van der Waals surface area contributed by atoms with Crippen molar-refractivity contribution >= 4 is 27.5 Å². The Morgan fingerprint density at radius 2 is 2.33 bits per heavy atom. The van der Waals surface area contributed by atoms with E-state index in [9.17, 15) is 4.79 Å². The van der Waals surface area contributed by atoms with Gasteiger partial charge in [0.05, 0.1) is 16.8 Å². The number of benzene rings is 1. The molecule has 5 heteroatoms. The summed E-state index contributed by atoms with van der Waals surface area (Å²) >= 11 is 1.58. The first-order chi connectivity index (χ1) is 8.79. The lowest BCUT2D eigenvalue weighted by atomic mass is 10.3. The summed E-state index contributed by atoms with van der Waals surface area (Å²) < 4.78 is 6.44. The standard InChI is InChI=1S/C13H14N2O2S/c1-2-7-14-12(16)8-17-9-13-15-10-5-3-4-6-11(10)18-13/h2-6H,1,7-9H2,(H,14,16). The van der Waals surface area contributed by atoms with Crippen molar-refractivity contribution < 1.29 is 9.53 Å². The molecule has 0 saturated heterocycles. The highest BCUT2D eigenvalue weighted by atomic mass is 32.1. The van der Waals surface area contributed by atoms with Crippen LogP contribution < -0.4 is 5.32 Å². The number of hydrogen-bond acceptors (Lipinski definition) is 4. The summed E-state index contributed by atoms with van der Waals surface area (Å²) in [6, 6.07) is 7.92. The van der Waals surface area contributed by atoms with Crippen LogP contribution in [0.25, 0.3) is 10.2 Å². The van der Waals surface area contributed by atoms with Crippen molar-refractivity contribution in [3.63, 3.8) is 0 Å². The molecular weight excluding hydrogens is 248 g/mol. The van der Waals surface area contributed by atoms with Crippen LogP contribution >= 0.6 is 11.3 Å². The van der Waals surface area contributed by atoms with Crippen molar-refractivity contribution in [1.82, 2.24) is 10.3 Å². The maximum atomic E-state index is 11.3. The maximum absolute atomic E-state index is 11.3. The largest absolute Gasteiger partial charge is 0.364 e. The Morgan fingerprint density at radius 3 is 3.11 bits per heavy atom. The van der Waals surface area contributed by atoms with Crippen LogP contribution in [0.1, 0.15) is 5.01 Å². The SMILES string of the molecule is C=CCNC(=O)COCc1nc2ccccc2s1. The Hall–Kier alpha value is -1.72. The van der Waals surface area contributed by atoms with Gasteiger partial charge in [-0.25, -0.2) is 4.98 Å². The first-order valence-corrected chi connectivity index (χ1v) is 6.41. The van der Waals surface area contributed by atoms with Gasteiger partial charge in [0.2, 0.25) is 5.91 Å². The maximum Gasteiger partial charge on any atom is 0.246 e. The van der Waals surface area contributed by atoms with E-state index >= 15 is 0 Å². The van der Waals surface area contributed by atoms with Gasteiger partial charge in [-0.1, -0.05) is 18.2 Å². The number of aromatic nitrogens is 1. The van der Waals surface area contributed by atoms with E-state index in [1.165, 1.54) is 0 Å². The molecule has 1 amide bonds. The summed E-state index contributed by atoms with van der Waals surface area (Å²) in [4.78, 5) is 15.7. The van der Waals surface area contributed by atoms with Crippen LogP contribution in [0.4, 0.5) is 0 Å². The number of ether oxygens (including phenoxy) is 1. The smallest absolute Gasteiger partial charge is 0.246 e. The van der Waals surface area contributed by atoms with Gasteiger partial charge in [-0.05, 0) is 12.1 Å². The van der Waals surface area contributed by atoms with Gasteiger partial charge < -0.3 is 10.1 Å². The molecule has 2 rings (SSSR count). The summed E-state index contributed by atoms with van der Waals surface area (Å²) in [5.41, 5.74) is 0.970. The first-order valence-electron chi connectivity index (χ1n) is 5.59. The number of rotatable bonds is 6. The minimum Gasteiger partial charge on any atom is -0.364 e. The van der Waals surface area contributed by atoms with Gasteiger partial charge in [0, 0.05) is 6.54 Å². The minimum absolute atomic E-state index is 0.0454. The topological polar surface area (TPSA) is 51.2 Å². The van der Waals surface area contributed by atoms with Gasteiger partial charge in [0.25, 0.3) is 0 Å². The second kappa shape index (κ2) is 6.28. The second-order valence-electron chi connectivity index (χ2n) is 3.66. The van der Waals surface area contributed by atoms with Crippen molar-refractivity contribution in [1.29, 1.82) is 0 Å². The van der Waals surface area contributed by atoms with Crippen molar-refractivity contribution in [2.45, 2.75) is 6.61 Å². The van der Waals surface area contributed by atoms with E-state index in [0.29, 0.717) is 13.2 Å². The van der Waals surface area contributed by atoms with Crippen molar-refractivity contribution in [2.24, 2.45) is 0 Å². The molecule has 0 saturated carbocycles. The summed E-state index contributed by atoms with van der Waals surface area (Å²) in [5.74, 6) is -0.143. The van der Waals surface area contributed by atoms with Crippen LogP contribution in [0.15, 0.2) is 36.9 Å². The highest BCUT2D eigenvalue weighted by Crippen LogP contribution is 2.21. The Labute approximate surface area is 109 Å². The fraction of sp³-hybridized carbons (Fsp3) is 0.231. The quantitative estimate of drug-likeness (QED) is 0.811. The van der Waals surface area contributed by atoms with Crippen LogP contribution in [-0.2, 0) is 16.1 Å². The van der Waals surface area contributed by atoms with Crippen LogP contribution in [0.5, 0.6) is 0 Å². The Morgan fingerprint density at radius 1 is 1.50 bits per heavy atom. The van der Waals surface area contributed by atoms with Crippen LogP contribution in [0.2, 0.25) is 0 Å². The molecule has 0 aliphatic carbocycles. The molecule has 1 N–H and O–H groups in total. The third-order valence-corrected chi connectivity index (χ3v) is 3.25.